The van der Waals surface area contributed by atoms with Crippen LogP contribution in [0.4, 0.5) is 11.5 Å². The smallest absolute Gasteiger partial charge is 0.228 e. The number of anilines is 2. The van der Waals surface area contributed by atoms with Gasteiger partial charge < -0.3 is 10.2 Å². The van der Waals surface area contributed by atoms with E-state index in [2.05, 4.69) is 46.4 Å². The molecule has 1 saturated heterocycles. The summed E-state index contributed by atoms with van der Waals surface area (Å²) in [6.45, 7) is 7.81. The minimum absolute atomic E-state index is 0.0301. The van der Waals surface area contributed by atoms with Crippen molar-refractivity contribution in [1.29, 1.82) is 0 Å². The highest BCUT2D eigenvalue weighted by atomic mass is 16.1. The first kappa shape index (κ1) is 18.8. The molecule has 4 heterocycles. The van der Waals surface area contributed by atoms with Gasteiger partial charge in [0.25, 0.3) is 0 Å². The average Bonchev–Trinajstić information content (AvgIpc) is 3.27. The van der Waals surface area contributed by atoms with E-state index >= 15 is 0 Å². The Kier molecular flexibility index (Phi) is 4.17. The lowest BCUT2D eigenvalue weighted by Crippen LogP contribution is -2.34. The lowest BCUT2D eigenvalue weighted by Gasteiger charge is -2.27. The van der Waals surface area contributed by atoms with Crippen molar-refractivity contribution in [3.05, 3.63) is 41.9 Å². The molecule has 0 saturated carbocycles. The van der Waals surface area contributed by atoms with Gasteiger partial charge in [-0.25, -0.2) is 9.97 Å². The number of aromatic nitrogens is 3. The van der Waals surface area contributed by atoms with E-state index in [4.69, 9.17) is 4.98 Å². The zero-order valence-electron chi connectivity index (χ0n) is 17.5. The molecule has 7 heteroatoms. The van der Waals surface area contributed by atoms with Gasteiger partial charge in [0.15, 0.2) is 11.5 Å². The molecule has 3 aromatic rings. The molecule has 0 bridgehead atoms. The Balaban J connectivity index is 1.70. The van der Waals surface area contributed by atoms with Gasteiger partial charge in [-0.1, -0.05) is 26.8 Å². The number of carbonyl (C=O) groups is 2. The number of benzene rings is 1. The van der Waals surface area contributed by atoms with Crippen molar-refractivity contribution in [2.24, 2.45) is 0 Å². The Labute approximate surface area is 175 Å². The molecule has 0 aliphatic carbocycles. The fourth-order valence-corrected chi connectivity index (χ4v) is 4.33. The Bertz CT molecular complexity index is 1180. The van der Waals surface area contributed by atoms with Crippen molar-refractivity contribution in [2.45, 2.75) is 45.4 Å². The number of nitrogens with zero attached hydrogens (tertiary/aromatic N) is 4. The second kappa shape index (κ2) is 6.65. The van der Waals surface area contributed by atoms with Gasteiger partial charge in [-0.2, -0.15) is 0 Å². The number of ketones is 1. The number of hydrogen-bond donors (Lipinski definition) is 1. The van der Waals surface area contributed by atoms with E-state index in [1.165, 1.54) is 0 Å². The quantitative estimate of drug-likeness (QED) is 0.710. The lowest BCUT2D eigenvalue weighted by atomic mass is 9.88. The minimum atomic E-state index is -0.177. The largest absolute Gasteiger partial charge is 0.353 e. The minimum Gasteiger partial charge on any atom is -0.353 e. The number of piperidine rings is 1. The predicted molar refractivity (Wildman–Crippen MR) is 116 cm³/mol. The predicted octanol–water partition coefficient (Wildman–Crippen LogP) is 3.36. The third kappa shape index (κ3) is 3.05. The molecule has 1 fully saturated rings. The first-order valence-electron chi connectivity index (χ1n) is 10.4. The van der Waals surface area contributed by atoms with Crippen LogP contribution in [-0.2, 0) is 21.4 Å². The summed E-state index contributed by atoms with van der Waals surface area (Å²) < 4.78 is 2.10. The maximum atomic E-state index is 11.8. The Morgan fingerprint density at radius 3 is 2.60 bits per heavy atom. The first-order valence-corrected chi connectivity index (χ1v) is 10.4. The first-order chi connectivity index (χ1) is 14.3. The van der Waals surface area contributed by atoms with Gasteiger partial charge in [-0.15, -0.1) is 0 Å². The van der Waals surface area contributed by atoms with E-state index in [0.29, 0.717) is 38.1 Å². The molecule has 7 nitrogen and oxygen atoms in total. The molecule has 2 aliphatic heterocycles. The summed E-state index contributed by atoms with van der Waals surface area (Å²) in [6.07, 6.45) is 5.25. The van der Waals surface area contributed by atoms with Crippen LogP contribution in [-0.4, -0.2) is 39.1 Å². The molecule has 0 atom stereocenters. The highest BCUT2D eigenvalue weighted by molar-refractivity contribution is 5.99. The Morgan fingerprint density at radius 1 is 1.10 bits per heavy atom. The third-order valence-corrected chi connectivity index (χ3v) is 5.86. The molecular formula is C23H25N5O2. The zero-order chi connectivity index (χ0) is 21.0. The van der Waals surface area contributed by atoms with Crippen molar-refractivity contribution in [3.63, 3.8) is 0 Å². The highest BCUT2D eigenvalue weighted by Crippen LogP contribution is 2.37. The monoisotopic (exact) mass is 403 g/mol. The molecule has 1 N–H and O–H groups in total. The Hall–Kier alpha value is -3.22. The number of fused-ring (bicyclic) bond motifs is 2. The number of carbonyl (C=O) groups excluding carboxylic acids is 2. The second-order valence-electron chi connectivity index (χ2n) is 9.13. The molecule has 154 valence electrons. The summed E-state index contributed by atoms with van der Waals surface area (Å²) in [6, 6.07) is 6.11. The molecule has 30 heavy (non-hydrogen) atoms. The van der Waals surface area contributed by atoms with E-state index in [1.54, 1.807) is 6.20 Å². The molecular weight excluding hydrogens is 378 g/mol. The summed E-state index contributed by atoms with van der Waals surface area (Å²) in [4.78, 5) is 35.4. The highest BCUT2D eigenvalue weighted by Gasteiger charge is 2.29. The van der Waals surface area contributed by atoms with Crippen LogP contribution in [0.25, 0.3) is 16.9 Å². The molecule has 0 spiro atoms. The zero-order valence-corrected chi connectivity index (χ0v) is 17.5. The van der Waals surface area contributed by atoms with Crippen LogP contribution >= 0.6 is 0 Å². The summed E-state index contributed by atoms with van der Waals surface area (Å²) in [5.74, 6) is 1.15. The fourth-order valence-electron chi connectivity index (χ4n) is 4.33. The standard InChI is InChI=1S/C23H25N5O2/c1-23(2,3)20-19(14-4-5-17-15(12-14)13-18(30)25-17)28-11-8-24-21(22(28)26-20)27-9-6-16(29)7-10-27/h4-5,8,11-12H,6-7,9-10,13H2,1-3H3,(H,25,30). The van der Waals surface area contributed by atoms with Crippen molar-refractivity contribution in [1.82, 2.24) is 14.4 Å². The topological polar surface area (TPSA) is 79.6 Å². The number of rotatable bonds is 2. The SMILES string of the molecule is CC(C)(C)c1nc2c(N3CCC(=O)CC3)nccn2c1-c1ccc2c(c1)CC(=O)N2. The van der Waals surface area contributed by atoms with Gasteiger partial charge in [0, 0.05) is 55.0 Å². The summed E-state index contributed by atoms with van der Waals surface area (Å²) in [5.41, 5.74) is 5.57. The number of imidazole rings is 1. The van der Waals surface area contributed by atoms with Crippen molar-refractivity contribution >= 4 is 28.8 Å². The van der Waals surface area contributed by atoms with E-state index in [1.807, 2.05) is 18.3 Å². The van der Waals surface area contributed by atoms with E-state index in [9.17, 15) is 9.59 Å². The number of nitrogens with one attached hydrogen (secondary N) is 1. The summed E-state index contributed by atoms with van der Waals surface area (Å²) in [5, 5.41) is 2.90. The normalized spacial score (nSPS) is 16.8. The number of Topliss-reactive ketones (excluding diaryl/α,β-unsaturated/α-hetero) is 1. The van der Waals surface area contributed by atoms with Crippen LogP contribution in [0.15, 0.2) is 30.6 Å². The van der Waals surface area contributed by atoms with Gasteiger partial charge in [0.05, 0.1) is 17.8 Å². The van der Waals surface area contributed by atoms with Crippen LogP contribution in [0, 0.1) is 0 Å². The fraction of sp³-hybridized carbons (Fsp3) is 0.391. The maximum absolute atomic E-state index is 11.8. The lowest BCUT2D eigenvalue weighted by molar-refractivity contribution is -0.119. The van der Waals surface area contributed by atoms with Crippen LogP contribution < -0.4 is 10.2 Å². The summed E-state index contributed by atoms with van der Waals surface area (Å²) >= 11 is 0. The van der Waals surface area contributed by atoms with Gasteiger partial charge in [0.2, 0.25) is 5.91 Å². The van der Waals surface area contributed by atoms with Crippen molar-refractivity contribution < 1.29 is 9.59 Å². The average molecular weight is 403 g/mol. The van der Waals surface area contributed by atoms with Crippen LogP contribution in [0.3, 0.4) is 0 Å². The third-order valence-electron chi connectivity index (χ3n) is 5.86. The molecule has 0 unspecified atom stereocenters. The van der Waals surface area contributed by atoms with Crippen LogP contribution in [0.5, 0.6) is 0 Å². The second-order valence-corrected chi connectivity index (χ2v) is 9.13. The summed E-state index contributed by atoms with van der Waals surface area (Å²) in [7, 11) is 0. The number of hydrogen-bond acceptors (Lipinski definition) is 5. The maximum Gasteiger partial charge on any atom is 0.228 e. The van der Waals surface area contributed by atoms with Crippen LogP contribution in [0.1, 0.15) is 44.9 Å². The van der Waals surface area contributed by atoms with Crippen molar-refractivity contribution in [3.8, 4) is 11.3 Å². The van der Waals surface area contributed by atoms with Gasteiger partial charge in [-0.3, -0.25) is 14.0 Å². The van der Waals surface area contributed by atoms with Crippen molar-refractivity contribution in [2.75, 3.05) is 23.3 Å². The molecule has 5 rings (SSSR count). The molecule has 1 aromatic carbocycles. The van der Waals surface area contributed by atoms with Gasteiger partial charge >= 0.3 is 0 Å². The number of amides is 1. The Morgan fingerprint density at radius 2 is 1.87 bits per heavy atom. The van der Waals surface area contributed by atoms with Gasteiger partial charge in [0.1, 0.15) is 5.78 Å². The molecule has 2 aliphatic rings. The molecule has 1 amide bonds. The van der Waals surface area contributed by atoms with E-state index < -0.39 is 0 Å². The van der Waals surface area contributed by atoms with Crippen LogP contribution in [0.2, 0.25) is 0 Å². The van der Waals surface area contributed by atoms with Gasteiger partial charge in [-0.05, 0) is 17.7 Å². The molecule has 2 aromatic heterocycles. The van der Waals surface area contributed by atoms with E-state index in [-0.39, 0.29) is 11.3 Å². The molecule has 0 radical (unpaired) electrons. The van der Waals surface area contributed by atoms with E-state index in [0.717, 1.165) is 39.7 Å².